The van der Waals surface area contributed by atoms with Gasteiger partial charge in [0.2, 0.25) is 33.7 Å². The first-order valence-corrected chi connectivity index (χ1v) is 22.7. The van der Waals surface area contributed by atoms with E-state index in [9.17, 15) is 32.4 Å². The number of carbonyl (C=O) groups excluding carboxylic acids is 5. The van der Waals surface area contributed by atoms with E-state index in [-0.39, 0.29) is 48.3 Å². The third-order valence-corrected chi connectivity index (χ3v) is 13.9. The molecule has 1 saturated heterocycles. The molecule has 0 spiro atoms. The molecular weight excluding hydrogens is 777 g/mol. The molecule has 0 aromatic heterocycles. The van der Waals surface area contributed by atoms with E-state index in [4.69, 9.17) is 9.47 Å². The summed E-state index contributed by atoms with van der Waals surface area (Å²) in [5, 5.41) is 5.20. The maximum absolute atomic E-state index is 14.3. The highest BCUT2D eigenvalue weighted by Gasteiger charge is 2.44. The molecular formula is C43H72N6O9S. The molecule has 16 heteroatoms. The van der Waals surface area contributed by atoms with Crippen LogP contribution in [0.3, 0.4) is 0 Å². The standard InChI is InChI=1S/C43H72N6O9S/c1-13-28(6)38(48(10)43(54)36(26(2)3)45-42(53)37(27(4)5)47(8)9)34(57-11)25-35(50)49-23-17-20-33(49)39(58-12)29(7)40(51)44-32(24-30-18-15-14-16-19-30)41(52)46-59(55,56)31-21-22-31/h14-16,18-19,26-29,31-34,36-39H,13,17,20-25H2,1-12H3,(H,44,51)(H,45,53)(H,46,52)/t28-,29+,32-,33-,34+,36-,37-,38?,39+/m0/s1. The van der Waals surface area contributed by atoms with Crippen LogP contribution in [-0.2, 0) is 49.9 Å². The Balaban J connectivity index is 1.80. The molecule has 1 aliphatic carbocycles. The number of methoxy groups -OCH3 is 2. The molecule has 2 fully saturated rings. The van der Waals surface area contributed by atoms with Crippen molar-refractivity contribution in [1.82, 2.24) is 30.1 Å². The molecule has 1 heterocycles. The van der Waals surface area contributed by atoms with Crippen LogP contribution < -0.4 is 15.4 Å². The van der Waals surface area contributed by atoms with Gasteiger partial charge < -0.3 is 29.9 Å². The Kier molecular flexibility index (Phi) is 18.8. The van der Waals surface area contributed by atoms with Crippen LogP contribution in [0.25, 0.3) is 0 Å². The molecule has 2 aliphatic rings. The number of ether oxygens (including phenoxy) is 2. The zero-order valence-corrected chi connectivity index (χ0v) is 38.2. The normalized spacial score (nSPS) is 20.0. The van der Waals surface area contributed by atoms with Crippen molar-refractivity contribution in [3.63, 3.8) is 0 Å². The number of sulfonamides is 1. The number of carbonyl (C=O) groups is 5. The van der Waals surface area contributed by atoms with Gasteiger partial charge in [-0.3, -0.25) is 33.6 Å². The molecule has 0 bridgehead atoms. The van der Waals surface area contributed by atoms with E-state index < -0.39 is 75.4 Å². The Morgan fingerprint density at radius 3 is 1.98 bits per heavy atom. The zero-order valence-electron chi connectivity index (χ0n) is 37.4. The summed E-state index contributed by atoms with van der Waals surface area (Å²) in [6.45, 7) is 13.9. The number of likely N-dealkylation sites (tertiary alicyclic amines) is 1. The lowest BCUT2D eigenvalue weighted by atomic mass is 9.89. The van der Waals surface area contributed by atoms with Crippen LogP contribution in [0.15, 0.2) is 30.3 Å². The summed E-state index contributed by atoms with van der Waals surface area (Å²) in [4.78, 5) is 74.6. The first kappa shape index (κ1) is 49.8. The maximum Gasteiger partial charge on any atom is 0.256 e. The van der Waals surface area contributed by atoms with Crippen molar-refractivity contribution in [2.45, 2.75) is 141 Å². The fourth-order valence-corrected chi connectivity index (χ4v) is 9.79. The van der Waals surface area contributed by atoms with Gasteiger partial charge in [-0.05, 0) is 63.1 Å². The minimum absolute atomic E-state index is 0.0210. The van der Waals surface area contributed by atoms with Gasteiger partial charge in [-0.2, -0.15) is 0 Å². The molecule has 3 rings (SSSR count). The number of likely N-dealkylation sites (N-methyl/N-ethyl adjacent to an activating group) is 2. The molecule has 1 aromatic carbocycles. The lowest BCUT2D eigenvalue weighted by Crippen LogP contribution is -2.59. The van der Waals surface area contributed by atoms with Gasteiger partial charge in [-0.15, -0.1) is 0 Å². The zero-order chi connectivity index (χ0) is 44.4. The van der Waals surface area contributed by atoms with Crippen molar-refractivity contribution < 1.29 is 41.9 Å². The van der Waals surface area contributed by atoms with Gasteiger partial charge in [0.1, 0.15) is 12.1 Å². The van der Waals surface area contributed by atoms with E-state index in [0.717, 1.165) is 5.56 Å². The third-order valence-electron chi connectivity index (χ3n) is 12.1. The number of amides is 5. The molecule has 5 amide bonds. The second-order valence-electron chi connectivity index (χ2n) is 17.4. The molecule has 0 radical (unpaired) electrons. The van der Waals surface area contributed by atoms with E-state index >= 15 is 0 Å². The van der Waals surface area contributed by atoms with E-state index in [2.05, 4.69) is 15.4 Å². The van der Waals surface area contributed by atoms with Crippen LogP contribution in [-0.4, -0.2) is 142 Å². The number of hydrogen-bond donors (Lipinski definition) is 3. The number of nitrogens with zero attached hydrogens (tertiary/aromatic N) is 3. The largest absolute Gasteiger partial charge is 0.379 e. The number of hydrogen-bond acceptors (Lipinski definition) is 10. The molecule has 1 unspecified atom stereocenters. The first-order chi connectivity index (χ1) is 27.7. The second-order valence-corrected chi connectivity index (χ2v) is 19.4. The van der Waals surface area contributed by atoms with Gasteiger partial charge in [0.15, 0.2) is 0 Å². The molecule has 1 saturated carbocycles. The van der Waals surface area contributed by atoms with Gasteiger partial charge >= 0.3 is 0 Å². The lowest BCUT2D eigenvalue weighted by Gasteiger charge is -2.41. The lowest BCUT2D eigenvalue weighted by molar-refractivity contribution is -0.148. The SMILES string of the molecule is CC[C@H](C)C([C@@H](CC(=O)N1CCC[C@H]1[C@H](OC)[C@@H](C)C(=O)N[C@@H](Cc1ccccc1)C(=O)NS(=O)(=O)C1CC1)OC)N(C)C(=O)[C@@H](NC(=O)[C@H](C(C)C)N(C)C)C(C)C. The Bertz CT molecular complexity index is 1660. The summed E-state index contributed by atoms with van der Waals surface area (Å²) in [5.41, 5.74) is 0.740. The summed E-state index contributed by atoms with van der Waals surface area (Å²) >= 11 is 0. The van der Waals surface area contributed by atoms with Crippen LogP contribution in [0.5, 0.6) is 0 Å². The minimum atomic E-state index is -3.86. The molecule has 3 N–H and O–H groups in total. The summed E-state index contributed by atoms with van der Waals surface area (Å²) < 4.78 is 39.5. The summed E-state index contributed by atoms with van der Waals surface area (Å²) in [6, 6.07) is 5.64. The highest BCUT2D eigenvalue weighted by Crippen LogP contribution is 2.30. The Morgan fingerprint density at radius 1 is 0.847 bits per heavy atom. The maximum atomic E-state index is 14.3. The van der Waals surface area contributed by atoms with E-state index in [1.54, 1.807) is 48.0 Å². The van der Waals surface area contributed by atoms with Gasteiger partial charge in [-0.25, -0.2) is 8.42 Å². The van der Waals surface area contributed by atoms with Crippen molar-refractivity contribution in [2.75, 3.05) is 41.9 Å². The topological polar surface area (TPSA) is 184 Å². The predicted octanol–water partition coefficient (Wildman–Crippen LogP) is 2.97. The Morgan fingerprint density at radius 2 is 1.47 bits per heavy atom. The molecule has 15 nitrogen and oxygen atoms in total. The highest BCUT2D eigenvalue weighted by atomic mass is 32.2. The number of benzene rings is 1. The van der Waals surface area contributed by atoms with Gasteiger partial charge in [-0.1, -0.05) is 85.2 Å². The fourth-order valence-electron chi connectivity index (χ4n) is 8.45. The van der Waals surface area contributed by atoms with Crippen molar-refractivity contribution in [2.24, 2.45) is 23.7 Å². The summed E-state index contributed by atoms with van der Waals surface area (Å²) in [7, 11) is 4.54. The van der Waals surface area contributed by atoms with Crippen LogP contribution in [0, 0.1) is 23.7 Å². The van der Waals surface area contributed by atoms with Crippen molar-refractivity contribution in [3.8, 4) is 0 Å². The van der Waals surface area contributed by atoms with Crippen LogP contribution in [0.4, 0.5) is 0 Å². The van der Waals surface area contributed by atoms with Crippen molar-refractivity contribution in [3.05, 3.63) is 35.9 Å². The average molecular weight is 849 g/mol. The molecule has 334 valence electrons. The quantitative estimate of drug-likeness (QED) is 0.148. The first-order valence-electron chi connectivity index (χ1n) is 21.2. The van der Waals surface area contributed by atoms with Crippen LogP contribution in [0.1, 0.15) is 92.6 Å². The highest BCUT2D eigenvalue weighted by molar-refractivity contribution is 7.90. The van der Waals surface area contributed by atoms with Crippen molar-refractivity contribution in [1.29, 1.82) is 0 Å². The molecule has 9 atom stereocenters. The van der Waals surface area contributed by atoms with E-state index in [0.29, 0.717) is 38.6 Å². The fraction of sp³-hybridized carbons (Fsp3) is 0.744. The van der Waals surface area contributed by atoms with Crippen LogP contribution >= 0.6 is 0 Å². The third kappa shape index (κ3) is 13.2. The van der Waals surface area contributed by atoms with Crippen molar-refractivity contribution >= 4 is 39.6 Å². The monoisotopic (exact) mass is 849 g/mol. The number of rotatable bonds is 23. The molecule has 59 heavy (non-hydrogen) atoms. The van der Waals surface area contributed by atoms with E-state index in [1.165, 1.54) is 14.2 Å². The summed E-state index contributed by atoms with van der Waals surface area (Å²) in [6.07, 6.45) is 1.50. The smallest absolute Gasteiger partial charge is 0.256 e. The minimum Gasteiger partial charge on any atom is -0.379 e. The van der Waals surface area contributed by atoms with Gasteiger partial charge in [0, 0.05) is 34.2 Å². The Labute approximate surface area is 353 Å². The van der Waals surface area contributed by atoms with Crippen LogP contribution in [0.2, 0.25) is 0 Å². The van der Waals surface area contributed by atoms with Gasteiger partial charge in [0.05, 0.1) is 47.9 Å². The molecule has 1 aliphatic heterocycles. The second kappa shape index (κ2) is 22.3. The Hall–Kier alpha value is -3.60. The van der Waals surface area contributed by atoms with E-state index in [1.807, 2.05) is 66.6 Å². The summed E-state index contributed by atoms with van der Waals surface area (Å²) in [5.74, 6) is -3.12. The van der Waals surface area contributed by atoms with Gasteiger partial charge in [0.25, 0.3) is 5.91 Å². The molecule has 1 aromatic rings. The predicted molar refractivity (Wildman–Crippen MR) is 227 cm³/mol. The average Bonchev–Trinajstić information content (AvgIpc) is 3.94. The number of nitrogens with one attached hydrogen (secondary N) is 3.